The molecule has 4 aromatic carbocycles. The molecule has 0 aliphatic rings. The quantitative estimate of drug-likeness (QED) is 0.290. The van der Waals surface area contributed by atoms with Crippen molar-refractivity contribution in [2.45, 2.75) is 38.1 Å². The van der Waals surface area contributed by atoms with Crippen molar-refractivity contribution in [1.29, 1.82) is 0 Å². The average Bonchev–Trinajstić information content (AvgIpc) is 2.85. The number of rotatable bonds is 9. The lowest BCUT2D eigenvalue weighted by Crippen LogP contribution is -2.45. The van der Waals surface area contributed by atoms with Crippen LogP contribution in [0.2, 0.25) is 0 Å². The molecule has 0 aromatic heterocycles. The van der Waals surface area contributed by atoms with Crippen LogP contribution in [0.5, 0.6) is 11.5 Å². The van der Waals surface area contributed by atoms with E-state index < -0.39 is 22.0 Å². The fourth-order valence-electron chi connectivity index (χ4n) is 4.33. The van der Waals surface area contributed by atoms with E-state index in [1.165, 1.54) is 0 Å². The van der Waals surface area contributed by atoms with Gasteiger partial charge in [0.1, 0.15) is 17.5 Å². The number of aryl methyl sites for hydroxylation is 3. The highest BCUT2D eigenvalue weighted by molar-refractivity contribution is 7.89. The van der Waals surface area contributed by atoms with Gasteiger partial charge in [-0.05, 0) is 80.3 Å². The number of amides is 1. The Balaban J connectivity index is 1.55. The third-order valence-electron chi connectivity index (χ3n) is 5.87. The van der Waals surface area contributed by atoms with Crippen molar-refractivity contribution >= 4 is 21.6 Å². The van der Waals surface area contributed by atoms with Crippen LogP contribution in [0.25, 0.3) is 0 Å². The minimum absolute atomic E-state index is 0.199. The normalized spacial score (nSPS) is 12.1. The van der Waals surface area contributed by atoms with Crippen LogP contribution in [0.1, 0.15) is 22.3 Å². The highest BCUT2D eigenvalue weighted by atomic mass is 32.2. The second kappa shape index (κ2) is 11.4. The van der Waals surface area contributed by atoms with E-state index in [1.807, 2.05) is 79.7 Å². The van der Waals surface area contributed by atoms with Gasteiger partial charge in [-0.2, -0.15) is 4.72 Å². The zero-order chi connectivity index (χ0) is 26.4. The maximum atomic E-state index is 13.5. The van der Waals surface area contributed by atoms with Gasteiger partial charge < -0.3 is 10.1 Å². The Labute approximate surface area is 218 Å². The minimum atomic E-state index is -3.97. The average molecular weight is 515 g/mol. The van der Waals surface area contributed by atoms with Crippen LogP contribution in [0.3, 0.4) is 0 Å². The summed E-state index contributed by atoms with van der Waals surface area (Å²) < 4.78 is 35.4. The third-order valence-corrected chi connectivity index (χ3v) is 7.65. The molecule has 1 atom stereocenters. The SMILES string of the molecule is Cc1cc(C)c(S(=O)(=O)NC(Cc2ccccc2)C(=O)Nc2ccc(Oc3ccccc3)cc2)c(C)c1. The number of anilines is 1. The number of carbonyl (C=O) groups excluding carboxylic acids is 1. The molecule has 0 bridgehead atoms. The maximum absolute atomic E-state index is 13.5. The highest BCUT2D eigenvalue weighted by Gasteiger charge is 2.28. The van der Waals surface area contributed by atoms with Gasteiger partial charge in [0.25, 0.3) is 0 Å². The molecule has 0 saturated heterocycles. The Hall–Kier alpha value is -3.94. The van der Waals surface area contributed by atoms with Crippen LogP contribution in [-0.4, -0.2) is 20.4 Å². The highest BCUT2D eigenvalue weighted by Crippen LogP contribution is 2.24. The van der Waals surface area contributed by atoms with Crippen molar-refractivity contribution in [3.05, 3.63) is 119 Å². The molecular formula is C30H30N2O4S. The zero-order valence-corrected chi connectivity index (χ0v) is 21.9. The summed E-state index contributed by atoms with van der Waals surface area (Å²) in [5.41, 5.74) is 3.63. The Kier molecular flexibility index (Phi) is 8.06. The molecule has 6 nitrogen and oxygen atoms in total. The molecule has 4 rings (SSSR count). The molecule has 0 saturated carbocycles. The fourth-order valence-corrected chi connectivity index (χ4v) is 5.98. The predicted molar refractivity (Wildman–Crippen MR) is 146 cm³/mol. The van der Waals surface area contributed by atoms with Gasteiger partial charge in [0.05, 0.1) is 4.90 Å². The van der Waals surface area contributed by atoms with Crippen molar-refractivity contribution in [3.63, 3.8) is 0 Å². The van der Waals surface area contributed by atoms with E-state index in [9.17, 15) is 13.2 Å². The Morgan fingerprint density at radius 2 is 1.32 bits per heavy atom. The molecule has 1 amide bonds. The third kappa shape index (κ3) is 6.84. The Morgan fingerprint density at radius 3 is 1.92 bits per heavy atom. The molecule has 1 unspecified atom stereocenters. The lowest BCUT2D eigenvalue weighted by molar-refractivity contribution is -0.117. The second-order valence-corrected chi connectivity index (χ2v) is 10.7. The summed E-state index contributed by atoms with van der Waals surface area (Å²) in [5.74, 6) is 0.876. The first-order valence-corrected chi connectivity index (χ1v) is 13.5. The Bertz CT molecular complexity index is 1450. The summed E-state index contributed by atoms with van der Waals surface area (Å²) in [5, 5.41) is 2.84. The maximum Gasteiger partial charge on any atom is 0.242 e. The fraction of sp³-hybridized carbons (Fsp3) is 0.167. The van der Waals surface area contributed by atoms with E-state index in [0.717, 1.165) is 11.1 Å². The smallest absolute Gasteiger partial charge is 0.242 e. The van der Waals surface area contributed by atoms with Crippen LogP contribution >= 0.6 is 0 Å². The van der Waals surface area contributed by atoms with Gasteiger partial charge in [0.15, 0.2) is 0 Å². The topological polar surface area (TPSA) is 84.5 Å². The van der Waals surface area contributed by atoms with E-state index in [1.54, 1.807) is 38.1 Å². The van der Waals surface area contributed by atoms with E-state index in [4.69, 9.17) is 4.74 Å². The second-order valence-electron chi connectivity index (χ2n) is 9.02. The lowest BCUT2D eigenvalue weighted by atomic mass is 10.1. The van der Waals surface area contributed by atoms with Crippen LogP contribution in [-0.2, 0) is 21.2 Å². The molecule has 37 heavy (non-hydrogen) atoms. The number of nitrogens with one attached hydrogen (secondary N) is 2. The molecule has 2 N–H and O–H groups in total. The molecule has 0 aliphatic carbocycles. The van der Waals surface area contributed by atoms with Crippen LogP contribution in [0.15, 0.2) is 102 Å². The van der Waals surface area contributed by atoms with E-state index in [2.05, 4.69) is 10.0 Å². The lowest BCUT2D eigenvalue weighted by Gasteiger charge is -2.21. The standard InChI is InChI=1S/C30H30N2O4S/c1-21-18-22(2)29(23(3)19-21)37(34,35)32-28(20-24-10-6-4-7-11-24)30(33)31-25-14-16-27(17-15-25)36-26-12-8-5-9-13-26/h4-19,28,32H,20H2,1-3H3,(H,31,33). The van der Waals surface area contributed by atoms with Crippen molar-refractivity contribution in [2.24, 2.45) is 0 Å². The minimum Gasteiger partial charge on any atom is -0.457 e. The van der Waals surface area contributed by atoms with Crippen LogP contribution in [0, 0.1) is 20.8 Å². The summed E-state index contributed by atoms with van der Waals surface area (Å²) in [6.45, 7) is 5.45. The molecule has 0 heterocycles. The molecule has 190 valence electrons. The van der Waals surface area contributed by atoms with Crippen LogP contribution < -0.4 is 14.8 Å². The molecule has 4 aromatic rings. The Morgan fingerprint density at radius 1 is 0.784 bits per heavy atom. The van der Waals surface area contributed by atoms with Crippen molar-refractivity contribution < 1.29 is 17.9 Å². The van der Waals surface area contributed by atoms with Crippen molar-refractivity contribution in [1.82, 2.24) is 4.72 Å². The summed E-state index contributed by atoms with van der Waals surface area (Å²) in [6.07, 6.45) is 0.199. The zero-order valence-electron chi connectivity index (χ0n) is 21.1. The van der Waals surface area contributed by atoms with Gasteiger partial charge >= 0.3 is 0 Å². The van der Waals surface area contributed by atoms with Gasteiger partial charge in [-0.1, -0.05) is 66.2 Å². The summed E-state index contributed by atoms with van der Waals surface area (Å²) >= 11 is 0. The van der Waals surface area contributed by atoms with Gasteiger partial charge in [-0.25, -0.2) is 8.42 Å². The van der Waals surface area contributed by atoms with Gasteiger partial charge in [-0.15, -0.1) is 0 Å². The number of para-hydroxylation sites is 1. The van der Waals surface area contributed by atoms with Gasteiger partial charge in [0.2, 0.25) is 15.9 Å². The summed E-state index contributed by atoms with van der Waals surface area (Å²) in [6, 6.07) is 28.3. The number of hydrogen-bond donors (Lipinski definition) is 2. The first-order valence-electron chi connectivity index (χ1n) is 12.0. The molecule has 7 heteroatoms. The first kappa shape index (κ1) is 26.1. The number of sulfonamides is 1. The van der Waals surface area contributed by atoms with Gasteiger partial charge in [0, 0.05) is 5.69 Å². The largest absolute Gasteiger partial charge is 0.457 e. The summed E-state index contributed by atoms with van der Waals surface area (Å²) in [4.78, 5) is 13.6. The number of carbonyl (C=O) groups is 1. The van der Waals surface area contributed by atoms with Crippen LogP contribution in [0.4, 0.5) is 5.69 Å². The number of ether oxygens (including phenoxy) is 1. The predicted octanol–water partition coefficient (Wildman–Crippen LogP) is 5.93. The molecule has 0 spiro atoms. The molecule has 0 aliphatic heterocycles. The molecule has 0 fully saturated rings. The monoisotopic (exact) mass is 514 g/mol. The van der Waals surface area contributed by atoms with Crippen molar-refractivity contribution in [2.75, 3.05) is 5.32 Å². The summed E-state index contributed by atoms with van der Waals surface area (Å²) in [7, 11) is -3.97. The molecular weight excluding hydrogens is 484 g/mol. The van der Waals surface area contributed by atoms with E-state index >= 15 is 0 Å². The van der Waals surface area contributed by atoms with E-state index in [0.29, 0.717) is 28.3 Å². The first-order chi connectivity index (χ1) is 17.7. The van der Waals surface area contributed by atoms with E-state index in [-0.39, 0.29) is 11.3 Å². The number of hydrogen-bond acceptors (Lipinski definition) is 4. The molecule has 0 radical (unpaired) electrons. The van der Waals surface area contributed by atoms with Gasteiger partial charge in [-0.3, -0.25) is 4.79 Å². The number of benzene rings is 4. The van der Waals surface area contributed by atoms with Crippen molar-refractivity contribution in [3.8, 4) is 11.5 Å².